The summed E-state index contributed by atoms with van der Waals surface area (Å²) in [6, 6.07) is 17.2. The second-order valence-corrected chi connectivity index (χ2v) is 4.19. The fraction of sp³-hybridized carbons (Fsp3) is 0. The second kappa shape index (κ2) is 6.51. The maximum absolute atomic E-state index is 10.2. The van der Waals surface area contributed by atoms with E-state index in [1.807, 2.05) is 54.6 Å². The number of hydrogen-bond donors (Lipinski definition) is 3. The molecule has 0 aliphatic carbocycles. The molecule has 2 rings (SSSR count). The van der Waals surface area contributed by atoms with Gasteiger partial charge < -0.3 is 5.32 Å². The number of para-hydroxylation sites is 1. The molecule has 0 bridgehead atoms. The van der Waals surface area contributed by atoms with Crippen molar-refractivity contribution in [3.63, 3.8) is 0 Å². The number of hydrogen-bond acceptors (Lipinski definition) is 3. The Morgan fingerprint density at radius 2 is 1.63 bits per heavy atom. The molecule has 0 saturated carbocycles. The Kier molecular flexibility index (Phi) is 4.47. The molecular weight excluding hydrogens is 258 g/mol. The van der Waals surface area contributed by atoms with Gasteiger partial charge in [0.05, 0.1) is 5.69 Å². The van der Waals surface area contributed by atoms with Crippen LogP contribution in [-0.4, -0.2) is 11.4 Å². The van der Waals surface area contributed by atoms with Crippen LogP contribution in [0.3, 0.4) is 0 Å². The van der Waals surface area contributed by atoms with Crippen molar-refractivity contribution >= 4 is 35.0 Å². The summed E-state index contributed by atoms with van der Waals surface area (Å²) < 4.78 is 0. The number of hydrazine groups is 1. The zero-order valence-electron chi connectivity index (χ0n) is 10.1. The van der Waals surface area contributed by atoms with E-state index < -0.39 is 0 Å². The average molecular weight is 271 g/mol. The Balaban J connectivity index is 2.01. The number of benzene rings is 2. The lowest BCUT2D eigenvalue weighted by molar-refractivity contribution is -0.109. The summed E-state index contributed by atoms with van der Waals surface area (Å²) in [6.45, 7) is 0. The van der Waals surface area contributed by atoms with Gasteiger partial charge in [0.2, 0.25) is 6.41 Å². The van der Waals surface area contributed by atoms with Crippen LogP contribution in [0.4, 0.5) is 11.4 Å². The lowest BCUT2D eigenvalue weighted by atomic mass is 10.2. The maximum Gasteiger partial charge on any atom is 0.225 e. The topological polar surface area (TPSA) is 53.2 Å². The van der Waals surface area contributed by atoms with Crippen LogP contribution in [0.25, 0.3) is 0 Å². The Bertz CT molecular complexity index is 555. The Morgan fingerprint density at radius 1 is 0.947 bits per heavy atom. The van der Waals surface area contributed by atoms with E-state index in [1.165, 1.54) is 0 Å². The smallest absolute Gasteiger partial charge is 0.225 e. The fourth-order valence-electron chi connectivity index (χ4n) is 1.54. The highest BCUT2D eigenvalue weighted by Crippen LogP contribution is 2.12. The van der Waals surface area contributed by atoms with Gasteiger partial charge in [0, 0.05) is 11.3 Å². The van der Waals surface area contributed by atoms with Gasteiger partial charge in [-0.2, -0.15) is 0 Å². The maximum atomic E-state index is 10.2. The Labute approximate surface area is 116 Å². The van der Waals surface area contributed by atoms with Crippen molar-refractivity contribution < 1.29 is 4.79 Å². The normalized spacial score (nSPS) is 9.47. The van der Waals surface area contributed by atoms with E-state index in [4.69, 9.17) is 12.2 Å². The Morgan fingerprint density at radius 3 is 2.26 bits per heavy atom. The summed E-state index contributed by atoms with van der Waals surface area (Å²) >= 11 is 5.33. The van der Waals surface area contributed by atoms with Crippen LogP contribution in [0.1, 0.15) is 5.56 Å². The SMILES string of the molecule is O=CNNc1ccc(C(=S)Nc2ccccc2)cc1. The molecule has 0 aliphatic rings. The van der Waals surface area contributed by atoms with Gasteiger partial charge in [-0.15, -0.1) is 0 Å². The molecule has 5 heteroatoms. The van der Waals surface area contributed by atoms with Crippen molar-refractivity contribution in [2.75, 3.05) is 10.7 Å². The van der Waals surface area contributed by atoms with E-state index in [0.717, 1.165) is 16.9 Å². The van der Waals surface area contributed by atoms with Gasteiger partial charge in [-0.25, -0.2) is 0 Å². The second-order valence-electron chi connectivity index (χ2n) is 3.78. The van der Waals surface area contributed by atoms with Crippen LogP contribution >= 0.6 is 12.2 Å². The largest absolute Gasteiger partial charge is 0.346 e. The van der Waals surface area contributed by atoms with Crippen LogP contribution in [0.2, 0.25) is 0 Å². The van der Waals surface area contributed by atoms with Crippen molar-refractivity contribution in [1.29, 1.82) is 0 Å². The van der Waals surface area contributed by atoms with Crippen molar-refractivity contribution in [3.05, 3.63) is 60.2 Å². The molecule has 19 heavy (non-hydrogen) atoms. The summed E-state index contributed by atoms with van der Waals surface area (Å²) in [5.41, 5.74) is 7.76. The highest BCUT2D eigenvalue weighted by atomic mass is 32.1. The number of carbonyl (C=O) groups excluding carboxylic acids is 1. The van der Waals surface area contributed by atoms with E-state index >= 15 is 0 Å². The number of amides is 1. The van der Waals surface area contributed by atoms with Crippen molar-refractivity contribution in [2.45, 2.75) is 0 Å². The molecule has 3 N–H and O–H groups in total. The fourth-order valence-corrected chi connectivity index (χ4v) is 1.80. The van der Waals surface area contributed by atoms with Crippen LogP contribution in [0, 0.1) is 0 Å². The molecule has 0 radical (unpaired) electrons. The molecule has 0 saturated heterocycles. The standard InChI is InChI=1S/C14H13N3OS/c18-10-15-17-13-8-6-11(7-9-13)14(19)16-12-4-2-1-3-5-12/h1-10,17H,(H,15,18)(H,16,19). The summed E-state index contributed by atoms with van der Waals surface area (Å²) in [4.78, 5) is 10.8. The zero-order valence-corrected chi connectivity index (χ0v) is 10.9. The number of thiocarbonyl (C=S) groups is 1. The minimum atomic E-state index is 0.579. The summed E-state index contributed by atoms with van der Waals surface area (Å²) in [7, 11) is 0. The van der Waals surface area contributed by atoms with E-state index in [1.54, 1.807) is 0 Å². The number of rotatable bonds is 5. The highest BCUT2D eigenvalue weighted by molar-refractivity contribution is 7.81. The van der Waals surface area contributed by atoms with Gasteiger partial charge in [-0.05, 0) is 36.4 Å². The van der Waals surface area contributed by atoms with Gasteiger partial charge in [-0.1, -0.05) is 30.4 Å². The van der Waals surface area contributed by atoms with Crippen LogP contribution in [0.15, 0.2) is 54.6 Å². The molecule has 1 amide bonds. The predicted octanol–water partition coefficient (Wildman–Crippen LogP) is 2.55. The Hall–Kier alpha value is -2.40. The first-order chi connectivity index (χ1) is 9.29. The predicted molar refractivity (Wildman–Crippen MR) is 81.0 cm³/mol. The first-order valence-electron chi connectivity index (χ1n) is 5.71. The molecular formula is C14H13N3OS. The minimum Gasteiger partial charge on any atom is -0.346 e. The van der Waals surface area contributed by atoms with Crippen molar-refractivity contribution in [1.82, 2.24) is 5.43 Å². The molecule has 96 valence electrons. The van der Waals surface area contributed by atoms with E-state index in [9.17, 15) is 4.79 Å². The monoisotopic (exact) mass is 271 g/mol. The van der Waals surface area contributed by atoms with Crippen LogP contribution in [-0.2, 0) is 4.79 Å². The molecule has 0 fully saturated rings. The number of nitrogens with one attached hydrogen (secondary N) is 3. The van der Waals surface area contributed by atoms with Crippen LogP contribution < -0.4 is 16.2 Å². The number of carbonyl (C=O) groups is 1. The molecule has 4 nitrogen and oxygen atoms in total. The van der Waals surface area contributed by atoms with Gasteiger partial charge in [-0.3, -0.25) is 15.6 Å². The lowest BCUT2D eigenvalue weighted by Crippen LogP contribution is -2.19. The van der Waals surface area contributed by atoms with Crippen LogP contribution in [0.5, 0.6) is 0 Å². The highest BCUT2D eigenvalue weighted by Gasteiger charge is 2.01. The van der Waals surface area contributed by atoms with Gasteiger partial charge in [0.15, 0.2) is 0 Å². The van der Waals surface area contributed by atoms with E-state index in [0.29, 0.717) is 11.4 Å². The molecule has 2 aromatic carbocycles. The average Bonchev–Trinajstić information content (AvgIpc) is 2.46. The quantitative estimate of drug-likeness (QED) is 0.444. The van der Waals surface area contributed by atoms with Crippen molar-refractivity contribution in [3.8, 4) is 0 Å². The van der Waals surface area contributed by atoms with Gasteiger partial charge in [0.1, 0.15) is 4.99 Å². The first kappa shape index (κ1) is 13.0. The van der Waals surface area contributed by atoms with Gasteiger partial charge in [0.25, 0.3) is 0 Å². The molecule has 0 heterocycles. The molecule has 0 atom stereocenters. The third-order valence-corrected chi connectivity index (χ3v) is 2.79. The molecule has 0 aliphatic heterocycles. The summed E-state index contributed by atoms with van der Waals surface area (Å²) in [5.74, 6) is 0. The van der Waals surface area contributed by atoms with E-state index in [-0.39, 0.29) is 0 Å². The van der Waals surface area contributed by atoms with E-state index in [2.05, 4.69) is 16.2 Å². The van der Waals surface area contributed by atoms with Crippen molar-refractivity contribution in [2.24, 2.45) is 0 Å². The molecule has 0 aromatic heterocycles. The zero-order chi connectivity index (χ0) is 13.5. The molecule has 0 unspecified atom stereocenters. The molecule has 2 aromatic rings. The van der Waals surface area contributed by atoms with Gasteiger partial charge >= 0.3 is 0 Å². The summed E-state index contributed by atoms with van der Waals surface area (Å²) in [6.07, 6.45) is 0.579. The first-order valence-corrected chi connectivity index (χ1v) is 6.12. The summed E-state index contributed by atoms with van der Waals surface area (Å²) in [5, 5.41) is 3.16. The number of anilines is 2. The third kappa shape index (κ3) is 3.79. The minimum absolute atomic E-state index is 0.579. The third-order valence-electron chi connectivity index (χ3n) is 2.45. The molecule has 0 spiro atoms. The lowest BCUT2D eigenvalue weighted by Gasteiger charge is -2.09.